The van der Waals surface area contributed by atoms with E-state index in [1.807, 2.05) is 19.9 Å². The molecule has 10 heteroatoms. The zero-order chi connectivity index (χ0) is 24.7. The fraction of sp³-hybridized carbons (Fsp3) is 0.708. The molecule has 2 bridgehead atoms. The zero-order valence-electron chi connectivity index (χ0n) is 20.7. The molecule has 1 unspecified atom stereocenters. The van der Waals surface area contributed by atoms with Crippen LogP contribution in [0.3, 0.4) is 0 Å². The Bertz CT molecular complexity index is 1190. The average molecular weight is 492 g/mol. The van der Waals surface area contributed by atoms with E-state index in [4.69, 9.17) is 10.5 Å². The van der Waals surface area contributed by atoms with E-state index in [1.54, 1.807) is 0 Å². The van der Waals surface area contributed by atoms with Crippen LogP contribution in [0.5, 0.6) is 0 Å². The van der Waals surface area contributed by atoms with Crippen molar-refractivity contribution in [2.24, 2.45) is 16.7 Å². The number of pyridine rings is 1. The van der Waals surface area contributed by atoms with Gasteiger partial charge in [0.05, 0.1) is 11.3 Å². The van der Waals surface area contributed by atoms with Crippen LogP contribution in [0, 0.1) is 23.7 Å². The second-order valence-corrected chi connectivity index (χ2v) is 12.2. The molecule has 2 saturated carbocycles. The maximum atomic E-state index is 12.9. The van der Waals surface area contributed by atoms with Gasteiger partial charge in [-0.3, -0.25) is 4.79 Å². The Kier molecular flexibility index (Phi) is 6.78. The molecule has 2 aromatic heterocycles. The third kappa shape index (κ3) is 4.35. The number of unbranched alkanes of at least 4 members (excludes halogenated alkanes) is 1. The number of carbonyl (C=O) groups is 1. The summed E-state index contributed by atoms with van der Waals surface area (Å²) in [5.74, 6) is 1.51. The predicted molar refractivity (Wildman–Crippen MR) is 132 cm³/mol. The number of hydrogen-bond acceptors (Lipinski definition) is 7. The second kappa shape index (κ2) is 9.20. The van der Waals surface area contributed by atoms with E-state index in [0.29, 0.717) is 62.8 Å². The van der Waals surface area contributed by atoms with E-state index in [9.17, 15) is 13.2 Å². The molecular weight excluding hydrogens is 454 g/mol. The number of hydrogen-bond donors (Lipinski definition) is 2. The van der Waals surface area contributed by atoms with Crippen LogP contribution in [0.15, 0.2) is 6.07 Å². The van der Waals surface area contributed by atoms with Crippen LogP contribution in [0.4, 0.5) is 5.82 Å². The van der Waals surface area contributed by atoms with Gasteiger partial charge >= 0.3 is 0 Å². The van der Waals surface area contributed by atoms with E-state index in [-0.39, 0.29) is 17.0 Å². The number of imidazole rings is 1. The molecule has 4 rings (SSSR count). The Labute approximate surface area is 201 Å². The first kappa shape index (κ1) is 25.1. The Morgan fingerprint density at radius 1 is 1.29 bits per heavy atom. The van der Waals surface area contributed by atoms with Crippen molar-refractivity contribution in [3.8, 4) is 0 Å². The summed E-state index contributed by atoms with van der Waals surface area (Å²) in [6.45, 7) is 9.92. The van der Waals surface area contributed by atoms with Crippen LogP contribution in [0.2, 0.25) is 0 Å². The van der Waals surface area contributed by atoms with E-state index < -0.39 is 15.4 Å². The number of anilines is 1. The van der Waals surface area contributed by atoms with Crippen LogP contribution in [0.1, 0.15) is 64.4 Å². The lowest BCUT2D eigenvalue weighted by atomic mass is 9.70. The molecule has 2 heterocycles. The molecule has 34 heavy (non-hydrogen) atoms. The quantitative estimate of drug-likeness (QED) is 0.462. The summed E-state index contributed by atoms with van der Waals surface area (Å²) >= 11 is 0. The molecule has 3 N–H and O–H groups in total. The number of nitrogen functional groups attached to an aromatic ring is 1. The fourth-order valence-electron chi connectivity index (χ4n) is 5.98. The molecule has 2 fully saturated rings. The number of ketones is 1. The number of carbonyl (C=O) groups excluding carboxylic acids is 1. The van der Waals surface area contributed by atoms with Crippen LogP contribution in [-0.4, -0.2) is 47.6 Å². The van der Waals surface area contributed by atoms with Gasteiger partial charge in [-0.25, -0.2) is 23.1 Å². The minimum atomic E-state index is -3.55. The van der Waals surface area contributed by atoms with Crippen molar-refractivity contribution < 1.29 is 17.9 Å². The van der Waals surface area contributed by atoms with Crippen LogP contribution in [0.25, 0.3) is 11.0 Å². The first-order valence-electron chi connectivity index (χ1n) is 12.2. The fourth-order valence-corrected chi connectivity index (χ4v) is 7.86. The largest absolute Gasteiger partial charge is 0.382 e. The molecule has 0 aliphatic heterocycles. The number of ether oxygens (including phenoxy) is 1. The Balaban J connectivity index is 1.37. The number of rotatable bonds is 11. The summed E-state index contributed by atoms with van der Waals surface area (Å²) in [5, 5.41) is 0. The number of Topliss-reactive ketones (excluding diaryl/α,β-unsaturated/α-hetero) is 1. The number of nitrogens with zero attached hydrogens (tertiary/aromatic N) is 3. The summed E-state index contributed by atoms with van der Waals surface area (Å²) in [5.41, 5.74) is 7.49. The number of nitrogens with one attached hydrogen (secondary N) is 1. The summed E-state index contributed by atoms with van der Waals surface area (Å²) < 4.78 is 36.2. The highest BCUT2D eigenvalue weighted by molar-refractivity contribution is 7.89. The van der Waals surface area contributed by atoms with Gasteiger partial charge in [-0.15, -0.1) is 0 Å². The van der Waals surface area contributed by atoms with Gasteiger partial charge in [0.15, 0.2) is 5.82 Å². The highest BCUT2D eigenvalue weighted by Crippen LogP contribution is 2.64. The standard InChI is InChI=1S/C24H37N5O4S/c1-5-33-14-20-28-21-18(12-16(2)27-22(21)25)29(20)11-7-6-10-26-34(31,32)15-24-9-8-17(13-19(24)30)23(24,3)4/h12,17,26H,5-11,13-15H2,1-4H3,(H2,25,27)/t17?,24-/m0/s1. The van der Waals surface area contributed by atoms with Crippen molar-refractivity contribution in [3.05, 3.63) is 17.6 Å². The monoisotopic (exact) mass is 491 g/mol. The molecule has 2 aliphatic rings. The molecule has 0 aromatic carbocycles. The first-order chi connectivity index (χ1) is 16.0. The highest BCUT2D eigenvalue weighted by Gasteiger charge is 2.65. The van der Waals surface area contributed by atoms with Crippen molar-refractivity contribution >= 4 is 32.7 Å². The average Bonchev–Trinajstić information content (AvgIpc) is 3.28. The van der Waals surface area contributed by atoms with Crippen molar-refractivity contribution in [3.63, 3.8) is 0 Å². The van der Waals surface area contributed by atoms with Gasteiger partial charge in [-0.2, -0.15) is 0 Å². The van der Waals surface area contributed by atoms with Crippen molar-refractivity contribution in [2.45, 2.75) is 73.0 Å². The van der Waals surface area contributed by atoms with E-state index >= 15 is 0 Å². The number of aryl methyl sites for hydroxylation is 2. The lowest BCUT2D eigenvalue weighted by Gasteiger charge is -2.36. The molecule has 2 aliphatic carbocycles. The lowest BCUT2D eigenvalue weighted by Crippen LogP contribution is -2.45. The van der Waals surface area contributed by atoms with Gasteiger partial charge in [0.25, 0.3) is 0 Å². The van der Waals surface area contributed by atoms with E-state index in [1.165, 1.54) is 0 Å². The van der Waals surface area contributed by atoms with Crippen molar-refractivity contribution in [1.29, 1.82) is 0 Å². The zero-order valence-corrected chi connectivity index (χ0v) is 21.5. The first-order valence-corrected chi connectivity index (χ1v) is 13.9. The normalized spacial score (nSPS) is 23.9. The summed E-state index contributed by atoms with van der Waals surface area (Å²) in [6.07, 6.45) is 3.56. The number of nitrogens with two attached hydrogens (primary N) is 1. The molecule has 2 aromatic rings. The van der Waals surface area contributed by atoms with Gasteiger partial charge < -0.3 is 15.0 Å². The molecular formula is C24H37N5O4S. The molecule has 0 spiro atoms. The third-order valence-electron chi connectivity index (χ3n) is 8.11. The molecule has 0 saturated heterocycles. The molecule has 2 atom stereocenters. The maximum Gasteiger partial charge on any atom is 0.212 e. The SMILES string of the molecule is CCOCc1nc2c(N)nc(C)cc2n1CCCCNS(=O)(=O)C[C@@]12CCC(CC1=O)C2(C)C. The Morgan fingerprint density at radius 3 is 2.71 bits per heavy atom. The summed E-state index contributed by atoms with van der Waals surface area (Å²) in [6, 6.07) is 1.96. The minimum Gasteiger partial charge on any atom is -0.382 e. The van der Waals surface area contributed by atoms with Crippen molar-refractivity contribution in [1.82, 2.24) is 19.3 Å². The van der Waals surface area contributed by atoms with E-state index in [2.05, 4.69) is 33.1 Å². The van der Waals surface area contributed by atoms with Crippen LogP contribution < -0.4 is 10.5 Å². The number of aromatic nitrogens is 3. The highest BCUT2D eigenvalue weighted by atomic mass is 32.2. The Morgan fingerprint density at radius 2 is 2.06 bits per heavy atom. The number of fused-ring (bicyclic) bond motifs is 3. The van der Waals surface area contributed by atoms with Crippen molar-refractivity contribution in [2.75, 3.05) is 24.6 Å². The van der Waals surface area contributed by atoms with Gasteiger partial charge in [0, 0.05) is 37.2 Å². The van der Waals surface area contributed by atoms with Crippen LogP contribution in [-0.2, 0) is 32.7 Å². The minimum absolute atomic E-state index is 0.0987. The smallest absolute Gasteiger partial charge is 0.212 e. The van der Waals surface area contributed by atoms with Gasteiger partial charge in [0.2, 0.25) is 10.0 Å². The molecule has 0 amide bonds. The number of sulfonamides is 1. The van der Waals surface area contributed by atoms with E-state index in [0.717, 1.165) is 29.9 Å². The molecule has 188 valence electrons. The maximum absolute atomic E-state index is 12.9. The van der Waals surface area contributed by atoms with Gasteiger partial charge in [0.1, 0.15) is 23.7 Å². The van der Waals surface area contributed by atoms with Crippen LogP contribution >= 0.6 is 0 Å². The van der Waals surface area contributed by atoms with Gasteiger partial charge in [-0.05, 0) is 56.9 Å². The second-order valence-electron chi connectivity index (χ2n) is 10.4. The topological polar surface area (TPSA) is 129 Å². The Hall–Kier alpha value is -2.04. The summed E-state index contributed by atoms with van der Waals surface area (Å²) in [4.78, 5) is 21.6. The predicted octanol–water partition coefficient (Wildman–Crippen LogP) is 2.95. The summed E-state index contributed by atoms with van der Waals surface area (Å²) in [7, 11) is -3.55. The third-order valence-corrected chi connectivity index (χ3v) is 9.63. The molecule has 0 radical (unpaired) electrons. The van der Waals surface area contributed by atoms with Gasteiger partial charge in [-0.1, -0.05) is 13.8 Å². The lowest BCUT2D eigenvalue weighted by molar-refractivity contribution is -0.128. The molecule has 9 nitrogen and oxygen atoms in total.